The molecule has 0 spiro atoms. The first kappa shape index (κ1) is 15.1. The SMILES string of the molecule is CCN(CC)c1nc(N)c(C(=O)N2CCOCC2C)s1. The average Bonchev–Trinajstić information content (AvgIpc) is 2.82. The van der Waals surface area contributed by atoms with Gasteiger partial charge in [-0.25, -0.2) is 4.98 Å². The molecule has 112 valence electrons. The number of aromatic nitrogens is 1. The molecule has 1 aromatic heterocycles. The topological polar surface area (TPSA) is 71.7 Å². The van der Waals surface area contributed by atoms with Crippen LogP contribution in [0.15, 0.2) is 0 Å². The minimum atomic E-state index is -0.0331. The van der Waals surface area contributed by atoms with Crippen LogP contribution < -0.4 is 10.6 Å². The molecule has 0 bridgehead atoms. The second-order valence-corrected chi connectivity index (χ2v) is 5.78. The summed E-state index contributed by atoms with van der Waals surface area (Å²) in [5.41, 5.74) is 5.94. The second kappa shape index (κ2) is 6.41. The van der Waals surface area contributed by atoms with Crippen LogP contribution in [-0.4, -0.2) is 54.7 Å². The number of carbonyl (C=O) groups is 1. The van der Waals surface area contributed by atoms with Crippen LogP contribution in [0.3, 0.4) is 0 Å². The van der Waals surface area contributed by atoms with Crippen molar-refractivity contribution in [1.29, 1.82) is 0 Å². The van der Waals surface area contributed by atoms with Crippen LogP contribution in [0.25, 0.3) is 0 Å². The summed E-state index contributed by atoms with van der Waals surface area (Å²) in [6.45, 7) is 9.58. The zero-order valence-electron chi connectivity index (χ0n) is 12.3. The van der Waals surface area contributed by atoms with E-state index < -0.39 is 0 Å². The average molecular weight is 298 g/mol. The Labute approximate surface area is 123 Å². The number of hydrogen-bond acceptors (Lipinski definition) is 6. The van der Waals surface area contributed by atoms with Crippen molar-refractivity contribution in [2.24, 2.45) is 0 Å². The highest BCUT2D eigenvalue weighted by molar-refractivity contribution is 7.18. The Hall–Kier alpha value is -1.34. The van der Waals surface area contributed by atoms with Gasteiger partial charge in [0.1, 0.15) is 10.7 Å². The Morgan fingerprint density at radius 1 is 1.55 bits per heavy atom. The first-order valence-corrected chi connectivity index (χ1v) is 7.80. The van der Waals surface area contributed by atoms with Crippen LogP contribution in [0.2, 0.25) is 0 Å². The number of nitrogens with zero attached hydrogens (tertiary/aromatic N) is 3. The molecule has 2 heterocycles. The lowest BCUT2D eigenvalue weighted by Crippen LogP contribution is -2.47. The van der Waals surface area contributed by atoms with Crippen LogP contribution in [-0.2, 0) is 4.74 Å². The molecule has 1 atom stereocenters. The fraction of sp³-hybridized carbons (Fsp3) is 0.692. The van der Waals surface area contributed by atoms with E-state index in [0.717, 1.165) is 18.2 Å². The summed E-state index contributed by atoms with van der Waals surface area (Å²) in [5.74, 6) is 0.301. The molecule has 7 heteroatoms. The summed E-state index contributed by atoms with van der Waals surface area (Å²) in [6.07, 6.45) is 0. The predicted octanol–water partition coefficient (Wildman–Crippen LogP) is 1.43. The largest absolute Gasteiger partial charge is 0.382 e. The van der Waals surface area contributed by atoms with Gasteiger partial charge < -0.3 is 20.3 Å². The molecule has 1 unspecified atom stereocenters. The number of rotatable bonds is 4. The lowest BCUT2D eigenvalue weighted by molar-refractivity contribution is 0.00391. The zero-order chi connectivity index (χ0) is 14.7. The summed E-state index contributed by atoms with van der Waals surface area (Å²) in [4.78, 5) is 21.4. The zero-order valence-corrected chi connectivity index (χ0v) is 13.1. The van der Waals surface area contributed by atoms with Crippen molar-refractivity contribution in [3.05, 3.63) is 4.88 Å². The molecule has 0 aromatic carbocycles. The summed E-state index contributed by atoms with van der Waals surface area (Å²) in [5, 5.41) is 0.816. The Bertz CT molecular complexity index is 473. The lowest BCUT2D eigenvalue weighted by Gasteiger charge is -2.32. The molecule has 0 saturated carbocycles. The molecule has 1 saturated heterocycles. The van der Waals surface area contributed by atoms with Crippen molar-refractivity contribution >= 4 is 28.2 Å². The van der Waals surface area contributed by atoms with Crippen LogP contribution in [0.4, 0.5) is 10.9 Å². The molecular weight excluding hydrogens is 276 g/mol. The van der Waals surface area contributed by atoms with Gasteiger partial charge in [-0.05, 0) is 20.8 Å². The maximum atomic E-state index is 12.6. The summed E-state index contributed by atoms with van der Waals surface area (Å²) >= 11 is 1.38. The number of nitrogens with two attached hydrogens (primary N) is 1. The van der Waals surface area contributed by atoms with E-state index in [1.165, 1.54) is 11.3 Å². The number of thiazole rings is 1. The number of ether oxygens (including phenoxy) is 1. The lowest BCUT2D eigenvalue weighted by atomic mass is 10.2. The standard InChI is InChI=1S/C13H22N4O2S/c1-4-16(5-2)13-15-11(14)10(20-13)12(18)17-6-7-19-8-9(17)3/h9H,4-8,14H2,1-3H3. The quantitative estimate of drug-likeness (QED) is 0.910. The second-order valence-electron chi connectivity index (χ2n) is 4.81. The molecular formula is C13H22N4O2S. The summed E-state index contributed by atoms with van der Waals surface area (Å²) in [6, 6.07) is 0.0784. The van der Waals surface area contributed by atoms with Gasteiger partial charge in [-0.15, -0.1) is 0 Å². The van der Waals surface area contributed by atoms with Gasteiger partial charge >= 0.3 is 0 Å². The normalized spacial score (nSPS) is 19.1. The third kappa shape index (κ3) is 2.88. The molecule has 1 amide bonds. The summed E-state index contributed by atoms with van der Waals surface area (Å²) in [7, 11) is 0. The van der Waals surface area contributed by atoms with Crippen molar-refractivity contribution in [3.63, 3.8) is 0 Å². The third-order valence-electron chi connectivity index (χ3n) is 3.50. The number of carbonyl (C=O) groups excluding carboxylic acids is 1. The Morgan fingerprint density at radius 2 is 2.25 bits per heavy atom. The van der Waals surface area contributed by atoms with Gasteiger partial charge in [-0.1, -0.05) is 11.3 Å². The van der Waals surface area contributed by atoms with E-state index in [-0.39, 0.29) is 11.9 Å². The molecule has 1 fully saturated rings. The molecule has 6 nitrogen and oxygen atoms in total. The molecule has 0 aliphatic carbocycles. The number of hydrogen-bond donors (Lipinski definition) is 1. The van der Waals surface area contributed by atoms with E-state index >= 15 is 0 Å². The molecule has 20 heavy (non-hydrogen) atoms. The van der Waals surface area contributed by atoms with Crippen molar-refractivity contribution in [1.82, 2.24) is 9.88 Å². The van der Waals surface area contributed by atoms with Gasteiger partial charge in [0, 0.05) is 19.6 Å². The number of nitrogen functional groups attached to an aromatic ring is 1. The van der Waals surface area contributed by atoms with E-state index in [0.29, 0.717) is 30.5 Å². The fourth-order valence-electron chi connectivity index (χ4n) is 2.26. The van der Waals surface area contributed by atoms with Crippen LogP contribution >= 0.6 is 11.3 Å². The van der Waals surface area contributed by atoms with E-state index in [4.69, 9.17) is 10.5 Å². The van der Waals surface area contributed by atoms with Crippen molar-refractivity contribution in [3.8, 4) is 0 Å². The van der Waals surface area contributed by atoms with Crippen molar-refractivity contribution < 1.29 is 9.53 Å². The van der Waals surface area contributed by atoms with Gasteiger partial charge in [0.15, 0.2) is 5.13 Å². The van der Waals surface area contributed by atoms with Crippen LogP contribution in [0.5, 0.6) is 0 Å². The first-order chi connectivity index (χ1) is 9.58. The van der Waals surface area contributed by atoms with Crippen molar-refractivity contribution in [2.75, 3.05) is 43.5 Å². The maximum Gasteiger partial charge on any atom is 0.268 e. The first-order valence-electron chi connectivity index (χ1n) is 6.98. The van der Waals surface area contributed by atoms with Gasteiger partial charge in [0.25, 0.3) is 5.91 Å². The van der Waals surface area contributed by atoms with E-state index in [2.05, 4.69) is 23.7 Å². The smallest absolute Gasteiger partial charge is 0.268 e. The molecule has 1 aromatic rings. The minimum Gasteiger partial charge on any atom is -0.382 e. The van der Waals surface area contributed by atoms with Crippen LogP contribution in [0, 0.1) is 0 Å². The number of anilines is 2. The van der Waals surface area contributed by atoms with Crippen molar-refractivity contribution in [2.45, 2.75) is 26.8 Å². The van der Waals surface area contributed by atoms with Gasteiger partial charge in [0.2, 0.25) is 0 Å². The highest BCUT2D eigenvalue weighted by Crippen LogP contribution is 2.29. The molecule has 2 N–H and O–H groups in total. The Kier molecular flexibility index (Phi) is 4.82. The van der Waals surface area contributed by atoms with Crippen LogP contribution in [0.1, 0.15) is 30.4 Å². The maximum absolute atomic E-state index is 12.6. The number of morpholine rings is 1. The molecule has 1 aliphatic rings. The third-order valence-corrected chi connectivity index (χ3v) is 4.62. The monoisotopic (exact) mass is 298 g/mol. The van der Waals surface area contributed by atoms with Gasteiger partial charge in [-0.2, -0.15) is 0 Å². The van der Waals surface area contributed by atoms with E-state index in [1.807, 2.05) is 11.8 Å². The highest BCUT2D eigenvalue weighted by atomic mass is 32.1. The number of amides is 1. The minimum absolute atomic E-state index is 0.0331. The Morgan fingerprint density at radius 3 is 2.85 bits per heavy atom. The van der Waals surface area contributed by atoms with E-state index in [9.17, 15) is 4.79 Å². The van der Waals surface area contributed by atoms with E-state index in [1.54, 1.807) is 0 Å². The molecule has 2 rings (SSSR count). The Balaban J connectivity index is 2.21. The fourth-order valence-corrected chi connectivity index (χ4v) is 3.33. The predicted molar refractivity (Wildman–Crippen MR) is 81.4 cm³/mol. The highest BCUT2D eigenvalue weighted by Gasteiger charge is 2.28. The molecule has 0 radical (unpaired) electrons. The van der Waals surface area contributed by atoms with Gasteiger partial charge in [-0.3, -0.25) is 4.79 Å². The molecule has 1 aliphatic heterocycles. The van der Waals surface area contributed by atoms with Gasteiger partial charge in [0.05, 0.1) is 19.3 Å². The summed E-state index contributed by atoms with van der Waals surface area (Å²) < 4.78 is 5.36.